The lowest BCUT2D eigenvalue weighted by molar-refractivity contribution is -0.0227. The highest BCUT2D eigenvalue weighted by atomic mass is 32.2. The summed E-state index contributed by atoms with van der Waals surface area (Å²) in [7, 11) is -6.60. The number of nitrogens with one attached hydrogen (secondary N) is 1. The van der Waals surface area contributed by atoms with Crippen molar-refractivity contribution in [2.45, 2.75) is 50.9 Å². The second-order valence-electron chi connectivity index (χ2n) is 7.10. The molecule has 0 fully saturated rings. The summed E-state index contributed by atoms with van der Waals surface area (Å²) in [5.41, 5.74) is -0.662. The predicted molar refractivity (Wildman–Crippen MR) is 103 cm³/mol. The highest BCUT2D eigenvalue weighted by Crippen LogP contribution is 2.24. The maximum absolute atomic E-state index is 12.4. The Bertz CT molecular complexity index is 670. The molecule has 0 bridgehead atoms. The number of hydrogen-bond donors (Lipinski definition) is 1. The maximum Gasteiger partial charge on any atom is 0.171 e. The summed E-state index contributed by atoms with van der Waals surface area (Å²) in [6.07, 6.45) is 5.74. The second kappa shape index (κ2) is 9.72. The van der Waals surface area contributed by atoms with Gasteiger partial charge in [0.25, 0.3) is 0 Å². The molecule has 0 amide bonds. The molecule has 0 saturated carbocycles. The fourth-order valence-corrected chi connectivity index (χ4v) is 4.22. The topological polar surface area (TPSA) is 89.5 Å². The van der Waals surface area contributed by atoms with E-state index in [2.05, 4.69) is 17.8 Å². The van der Waals surface area contributed by atoms with Gasteiger partial charge in [-0.2, -0.15) is 0 Å². The van der Waals surface area contributed by atoms with Crippen molar-refractivity contribution in [1.29, 1.82) is 0 Å². The molecular weight excluding hydrogens is 362 g/mol. The molecule has 0 saturated heterocycles. The number of ether oxygens (including phenoxy) is 1. The van der Waals surface area contributed by atoms with Crippen LogP contribution in [0.25, 0.3) is 0 Å². The van der Waals surface area contributed by atoms with E-state index in [1.54, 1.807) is 27.7 Å². The van der Waals surface area contributed by atoms with E-state index in [0.29, 0.717) is 25.9 Å². The van der Waals surface area contributed by atoms with Crippen LogP contribution < -0.4 is 5.32 Å². The van der Waals surface area contributed by atoms with Crippen LogP contribution >= 0.6 is 0 Å². The largest absolute Gasteiger partial charge is 0.375 e. The Morgan fingerprint density at radius 3 is 2.24 bits per heavy atom. The third-order valence-corrected chi connectivity index (χ3v) is 7.97. The van der Waals surface area contributed by atoms with Crippen LogP contribution in [0.2, 0.25) is 0 Å². The Balaban J connectivity index is 4.53. The summed E-state index contributed by atoms with van der Waals surface area (Å²) >= 11 is 0. The highest BCUT2D eigenvalue weighted by molar-refractivity contribution is 7.94. The first-order valence-electron chi connectivity index (χ1n) is 8.14. The Morgan fingerprint density at radius 1 is 1.12 bits per heavy atom. The number of rotatable bonds is 13. The van der Waals surface area contributed by atoms with E-state index in [4.69, 9.17) is 11.2 Å². The first-order valence-corrected chi connectivity index (χ1v) is 11.5. The lowest BCUT2D eigenvalue weighted by Gasteiger charge is -2.29. The molecule has 25 heavy (non-hydrogen) atoms. The molecule has 0 aliphatic heterocycles. The zero-order valence-corrected chi connectivity index (χ0v) is 17.3. The summed E-state index contributed by atoms with van der Waals surface area (Å²) in [6, 6.07) is 0. The minimum Gasteiger partial charge on any atom is -0.375 e. The quantitative estimate of drug-likeness (QED) is 0.377. The SMILES string of the molecule is C#CCNCCS(=O)(=O)C(C)(C)CCOC(C)(C)CCS(=O)(=O)C=C. The Labute approximate surface area is 153 Å². The molecule has 0 aliphatic rings. The van der Waals surface area contributed by atoms with E-state index in [9.17, 15) is 16.8 Å². The normalized spacial score (nSPS) is 13.4. The van der Waals surface area contributed by atoms with Gasteiger partial charge in [-0.25, -0.2) is 16.8 Å². The van der Waals surface area contributed by atoms with Gasteiger partial charge in [-0.3, -0.25) is 0 Å². The average Bonchev–Trinajstić information content (AvgIpc) is 2.49. The summed E-state index contributed by atoms with van der Waals surface area (Å²) in [5, 5.41) is 3.81. The molecule has 0 radical (unpaired) electrons. The third-order valence-electron chi connectivity index (χ3n) is 4.06. The lowest BCUT2D eigenvalue weighted by Crippen LogP contribution is -2.39. The van der Waals surface area contributed by atoms with Crippen molar-refractivity contribution in [3.05, 3.63) is 12.0 Å². The number of sulfone groups is 2. The monoisotopic (exact) mass is 393 g/mol. The van der Waals surface area contributed by atoms with Gasteiger partial charge < -0.3 is 10.1 Å². The van der Waals surface area contributed by atoms with Gasteiger partial charge in [0.05, 0.1) is 28.4 Å². The van der Waals surface area contributed by atoms with Gasteiger partial charge in [-0.1, -0.05) is 12.5 Å². The fourth-order valence-electron chi connectivity index (χ4n) is 1.92. The molecule has 8 heteroatoms. The van der Waals surface area contributed by atoms with E-state index < -0.39 is 30.0 Å². The predicted octanol–water partition coefficient (Wildman–Crippen LogP) is 1.54. The minimum absolute atomic E-state index is 0.00263. The molecule has 6 nitrogen and oxygen atoms in total. The van der Waals surface area contributed by atoms with Gasteiger partial charge >= 0.3 is 0 Å². The van der Waals surface area contributed by atoms with Gasteiger partial charge in [-0.15, -0.1) is 6.42 Å². The van der Waals surface area contributed by atoms with Gasteiger partial charge in [0.2, 0.25) is 0 Å². The van der Waals surface area contributed by atoms with Crippen molar-refractivity contribution in [2.75, 3.05) is 31.2 Å². The molecule has 0 atom stereocenters. The minimum atomic E-state index is -3.32. The Kier molecular flexibility index (Phi) is 9.38. The van der Waals surface area contributed by atoms with E-state index in [0.717, 1.165) is 5.41 Å². The molecule has 0 aromatic carbocycles. The first-order chi connectivity index (χ1) is 11.3. The summed E-state index contributed by atoms with van der Waals surface area (Å²) in [5.74, 6) is 2.35. The van der Waals surface area contributed by atoms with Crippen LogP contribution in [0.5, 0.6) is 0 Å². The zero-order valence-electron chi connectivity index (χ0n) is 15.7. The molecule has 0 spiro atoms. The summed E-state index contributed by atoms with van der Waals surface area (Å²) in [6.45, 7) is 11.1. The van der Waals surface area contributed by atoms with E-state index >= 15 is 0 Å². The molecule has 0 aromatic rings. The fraction of sp³-hybridized carbons (Fsp3) is 0.765. The van der Waals surface area contributed by atoms with E-state index in [1.807, 2.05) is 0 Å². The lowest BCUT2D eigenvalue weighted by atomic mass is 10.1. The van der Waals surface area contributed by atoms with Crippen molar-refractivity contribution in [3.8, 4) is 12.3 Å². The molecule has 146 valence electrons. The molecular formula is C17H31NO5S2. The van der Waals surface area contributed by atoms with Crippen LogP contribution in [0.15, 0.2) is 12.0 Å². The van der Waals surface area contributed by atoms with Crippen molar-refractivity contribution in [3.63, 3.8) is 0 Å². The van der Waals surface area contributed by atoms with Crippen molar-refractivity contribution in [2.24, 2.45) is 0 Å². The van der Waals surface area contributed by atoms with Crippen LogP contribution in [-0.4, -0.2) is 58.4 Å². The zero-order chi connectivity index (χ0) is 19.8. The van der Waals surface area contributed by atoms with Crippen molar-refractivity contribution >= 4 is 19.7 Å². The van der Waals surface area contributed by atoms with Crippen LogP contribution in [0.3, 0.4) is 0 Å². The molecule has 0 rings (SSSR count). The van der Waals surface area contributed by atoms with Crippen LogP contribution in [0.4, 0.5) is 0 Å². The van der Waals surface area contributed by atoms with E-state index in [1.165, 1.54) is 0 Å². The van der Waals surface area contributed by atoms with Crippen molar-refractivity contribution < 1.29 is 21.6 Å². The van der Waals surface area contributed by atoms with Crippen molar-refractivity contribution in [1.82, 2.24) is 5.32 Å². The molecule has 0 aliphatic carbocycles. The van der Waals surface area contributed by atoms with Gasteiger partial charge in [0.15, 0.2) is 19.7 Å². The third kappa shape index (κ3) is 9.40. The van der Waals surface area contributed by atoms with Gasteiger partial charge in [0, 0.05) is 18.6 Å². The van der Waals surface area contributed by atoms with Gasteiger partial charge in [0.1, 0.15) is 0 Å². The smallest absolute Gasteiger partial charge is 0.171 e. The van der Waals surface area contributed by atoms with E-state index in [-0.39, 0.29) is 18.1 Å². The molecule has 1 N–H and O–H groups in total. The Morgan fingerprint density at radius 2 is 1.72 bits per heavy atom. The van der Waals surface area contributed by atoms with Crippen LogP contribution in [0.1, 0.15) is 40.5 Å². The first kappa shape index (κ1) is 24.1. The van der Waals surface area contributed by atoms with Gasteiger partial charge in [-0.05, 0) is 40.5 Å². The number of terminal acetylenes is 1. The molecule has 0 aromatic heterocycles. The summed E-state index contributed by atoms with van der Waals surface area (Å²) in [4.78, 5) is 0. The standard InChI is InChI=1S/C17H31NO5S2/c1-7-11-18-12-15-25(21,22)17(5,6)9-13-23-16(3,4)10-14-24(19,20)8-2/h1,8,18H,2,9-15H2,3-6H3. The summed E-state index contributed by atoms with van der Waals surface area (Å²) < 4.78 is 52.6. The highest BCUT2D eigenvalue weighted by Gasteiger charge is 2.34. The average molecular weight is 394 g/mol. The molecule has 0 unspecified atom stereocenters. The Hall–Kier alpha value is -0.880. The maximum atomic E-state index is 12.4. The van der Waals surface area contributed by atoms with Crippen LogP contribution in [-0.2, 0) is 24.4 Å². The number of hydrogen-bond acceptors (Lipinski definition) is 6. The van der Waals surface area contributed by atoms with Crippen LogP contribution in [0, 0.1) is 12.3 Å². The second-order valence-corrected chi connectivity index (χ2v) is 11.9. The molecule has 0 heterocycles.